The van der Waals surface area contributed by atoms with Crippen molar-refractivity contribution in [2.75, 3.05) is 13.7 Å². The number of carbonyl (C=O) groups is 3. The molecule has 2 heterocycles. The summed E-state index contributed by atoms with van der Waals surface area (Å²) in [4.78, 5) is 41.6. The number of amides is 1. The third kappa shape index (κ3) is 2.25. The van der Waals surface area contributed by atoms with Gasteiger partial charge in [-0.05, 0) is 29.5 Å². The first-order chi connectivity index (χ1) is 13.5. The van der Waals surface area contributed by atoms with Crippen LogP contribution in [0.15, 0.2) is 48.2 Å². The van der Waals surface area contributed by atoms with Gasteiger partial charge < -0.3 is 14.5 Å². The molecule has 1 aromatic heterocycles. The number of esters is 1. The van der Waals surface area contributed by atoms with Gasteiger partial charge in [0.2, 0.25) is 5.78 Å². The molecule has 7 nitrogen and oxygen atoms in total. The Morgan fingerprint density at radius 2 is 2.07 bits per heavy atom. The normalized spacial score (nSPS) is 24.0. The second-order valence-electron chi connectivity index (χ2n) is 7.38. The summed E-state index contributed by atoms with van der Waals surface area (Å²) >= 11 is 0. The SMILES string of the molecule is COC(=O)c1cc2c([nH]1)C(=O)C=C1N(C(=O)OCc3ccccc3)C[C@H]3C[C@]123. The van der Waals surface area contributed by atoms with E-state index in [-0.39, 0.29) is 24.0 Å². The zero-order chi connectivity index (χ0) is 19.5. The number of carbonyl (C=O) groups excluding carboxylic acids is 3. The van der Waals surface area contributed by atoms with Crippen LogP contribution in [0, 0.1) is 5.92 Å². The molecule has 1 aromatic carbocycles. The predicted molar refractivity (Wildman–Crippen MR) is 97.7 cm³/mol. The monoisotopic (exact) mass is 378 g/mol. The molecule has 0 radical (unpaired) electrons. The highest BCUT2D eigenvalue weighted by molar-refractivity contribution is 6.09. The molecule has 2 aromatic rings. The van der Waals surface area contributed by atoms with Gasteiger partial charge >= 0.3 is 12.1 Å². The van der Waals surface area contributed by atoms with Gasteiger partial charge in [-0.3, -0.25) is 9.69 Å². The first kappa shape index (κ1) is 16.8. The van der Waals surface area contributed by atoms with E-state index in [9.17, 15) is 14.4 Å². The van der Waals surface area contributed by atoms with E-state index in [1.54, 1.807) is 11.0 Å². The Morgan fingerprint density at radius 1 is 1.29 bits per heavy atom. The fourth-order valence-electron chi connectivity index (χ4n) is 4.49. The number of H-pyrrole nitrogens is 1. The Labute approximate surface area is 160 Å². The first-order valence-corrected chi connectivity index (χ1v) is 9.11. The van der Waals surface area contributed by atoms with Crippen molar-refractivity contribution in [3.8, 4) is 0 Å². The number of fused-ring (bicyclic) bond motifs is 1. The predicted octanol–water partition coefficient (Wildman–Crippen LogP) is 2.79. The number of methoxy groups -OCH3 is 1. The lowest BCUT2D eigenvalue weighted by Gasteiger charge is -2.27. The number of hydrogen-bond acceptors (Lipinski definition) is 5. The van der Waals surface area contributed by atoms with Crippen molar-refractivity contribution in [1.82, 2.24) is 9.88 Å². The summed E-state index contributed by atoms with van der Waals surface area (Å²) in [7, 11) is 1.30. The van der Waals surface area contributed by atoms with Crippen molar-refractivity contribution in [1.29, 1.82) is 0 Å². The van der Waals surface area contributed by atoms with Gasteiger partial charge in [-0.2, -0.15) is 0 Å². The third-order valence-electron chi connectivity index (χ3n) is 5.90. The Hall–Kier alpha value is -3.35. The number of rotatable bonds is 3. The molecule has 1 N–H and O–H groups in total. The Kier molecular flexibility index (Phi) is 3.49. The molecular formula is C21H18N2O5. The minimum atomic E-state index is -0.519. The van der Waals surface area contributed by atoms with Crippen molar-refractivity contribution < 1.29 is 23.9 Å². The van der Waals surface area contributed by atoms with Crippen LogP contribution in [-0.4, -0.2) is 41.4 Å². The van der Waals surface area contributed by atoms with Crippen LogP contribution in [0.2, 0.25) is 0 Å². The molecule has 1 amide bonds. The molecular weight excluding hydrogens is 360 g/mol. The minimum absolute atomic E-state index is 0.178. The summed E-state index contributed by atoms with van der Waals surface area (Å²) in [5, 5.41) is 0. The lowest BCUT2D eigenvalue weighted by Crippen LogP contribution is -2.33. The van der Waals surface area contributed by atoms with Gasteiger partial charge in [0, 0.05) is 23.7 Å². The van der Waals surface area contributed by atoms with E-state index in [2.05, 4.69) is 4.98 Å². The van der Waals surface area contributed by atoms with Crippen LogP contribution in [-0.2, 0) is 21.5 Å². The summed E-state index contributed by atoms with van der Waals surface area (Å²) in [6.45, 7) is 0.682. The van der Waals surface area contributed by atoms with E-state index >= 15 is 0 Å². The molecule has 2 atom stereocenters. The van der Waals surface area contributed by atoms with E-state index in [0.717, 1.165) is 17.5 Å². The quantitative estimate of drug-likeness (QED) is 0.830. The summed E-state index contributed by atoms with van der Waals surface area (Å²) in [5.74, 6) is -0.551. The minimum Gasteiger partial charge on any atom is -0.464 e. The van der Waals surface area contributed by atoms with Crippen molar-refractivity contribution >= 4 is 17.8 Å². The number of likely N-dealkylation sites (tertiary alicyclic amines) is 1. The average molecular weight is 378 g/mol. The van der Waals surface area contributed by atoms with Gasteiger partial charge in [0.15, 0.2) is 0 Å². The van der Waals surface area contributed by atoms with Crippen LogP contribution >= 0.6 is 0 Å². The molecule has 3 aliphatic rings. The van der Waals surface area contributed by atoms with E-state index in [4.69, 9.17) is 9.47 Å². The lowest BCUT2D eigenvalue weighted by molar-refractivity contribution is 0.0594. The Morgan fingerprint density at radius 3 is 2.82 bits per heavy atom. The number of hydrogen-bond donors (Lipinski definition) is 1. The number of nitrogens with one attached hydrogen (secondary N) is 1. The van der Waals surface area contributed by atoms with Crippen LogP contribution in [0.3, 0.4) is 0 Å². The molecule has 1 aliphatic heterocycles. The number of benzene rings is 1. The highest BCUT2D eigenvalue weighted by Crippen LogP contribution is 2.66. The first-order valence-electron chi connectivity index (χ1n) is 9.11. The van der Waals surface area contributed by atoms with Crippen LogP contribution in [0.25, 0.3) is 0 Å². The van der Waals surface area contributed by atoms with Gasteiger partial charge in [0.1, 0.15) is 12.3 Å². The lowest BCUT2D eigenvalue weighted by atomic mass is 9.85. The number of piperidine rings is 1. The topological polar surface area (TPSA) is 88.7 Å². The maximum atomic E-state index is 12.7. The molecule has 2 aliphatic carbocycles. The average Bonchev–Trinajstić information content (AvgIpc) is 3.09. The molecule has 142 valence electrons. The van der Waals surface area contributed by atoms with Crippen LogP contribution in [0.1, 0.15) is 38.5 Å². The number of nitrogens with zero attached hydrogens (tertiary/aromatic N) is 1. The molecule has 2 fully saturated rings. The molecule has 0 unspecified atom stereocenters. The van der Waals surface area contributed by atoms with Crippen molar-refractivity contribution in [2.45, 2.75) is 18.4 Å². The van der Waals surface area contributed by atoms with Gasteiger partial charge in [-0.1, -0.05) is 30.3 Å². The van der Waals surface area contributed by atoms with Crippen molar-refractivity contribution in [3.05, 3.63) is 70.7 Å². The smallest absolute Gasteiger partial charge is 0.414 e. The number of allylic oxidation sites excluding steroid dienone is 2. The highest BCUT2D eigenvalue weighted by atomic mass is 16.6. The van der Waals surface area contributed by atoms with Crippen LogP contribution in [0.4, 0.5) is 4.79 Å². The summed E-state index contributed by atoms with van der Waals surface area (Å²) in [5.41, 5.74) is 2.62. The van der Waals surface area contributed by atoms with Gasteiger partial charge in [-0.25, -0.2) is 9.59 Å². The maximum absolute atomic E-state index is 12.7. The largest absolute Gasteiger partial charge is 0.464 e. The zero-order valence-electron chi connectivity index (χ0n) is 15.2. The van der Waals surface area contributed by atoms with E-state index in [1.807, 2.05) is 30.3 Å². The number of ether oxygens (including phenoxy) is 2. The molecule has 1 saturated carbocycles. The summed E-state index contributed by atoms with van der Waals surface area (Å²) in [6, 6.07) is 11.1. The Bertz CT molecular complexity index is 1040. The second kappa shape index (κ2) is 5.82. The number of ketones is 1. The molecule has 5 rings (SSSR count). The van der Waals surface area contributed by atoms with Gasteiger partial charge in [-0.15, -0.1) is 0 Å². The van der Waals surface area contributed by atoms with Crippen molar-refractivity contribution in [2.24, 2.45) is 5.92 Å². The fraction of sp³-hybridized carbons (Fsp3) is 0.286. The van der Waals surface area contributed by atoms with E-state index < -0.39 is 17.5 Å². The molecule has 7 heteroatoms. The van der Waals surface area contributed by atoms with Gasteiger partial charge in [0.05, 0.1) is 12.8 Å². The van der Waals surface area contributed by atoms with Gasteiger partial charge in [0.25, 0.3) is 0 Å². The second-order valence-corrected chi connectivity index (χ2v) is 7.38. The summed E-state index contributed by atoms with van der Waals surface area (Å²) < 4.78 is 10.2. The van der Waals surface area contributed by atoms with Crippen molar-refractivity contribution in [3.63, 3.8) is 0 Å². The van der Waals surface area contributed by atoms with Crippen LogP contribution < -0.4 is 0 Å². The highest BCUT2D eigenvalue weighted by Gasteiger charge is 2.68. The zero-order valence-corrected chi connectivity index (χ0v) is 15.2. The standard InChI is InChI=1S/C21H18N2O5/c1-27-19(25)15-7-14-18(22-15)16(24)8-17-21(14)9-13(21)10-23(17)20(26)28-11-12-5-3-2-4-6-12/h2-8,13,22H,9-11H2,1H3/t13-,21-/m1/s1. The number of aromatic nitrogens is 1. The van der Waals surface area contributed by atoms with Crippen LogP contribution in [0.5, 0.6) is 0 Å². The molecule has 0 bridgehead atoms. The van der Waals surface area contributed by atoms with E-state index in [1.165, 1.54) is 13.2 Å². The number of aromatic amines is 1. The molecule has 1 spiro atoms. The maximum Gasteiger partial charge on any atom is 0.414 e. The summed E-state index contributed by atoms with van der Waals surface area (Å²) in [6.07, 6.45) is 1.89. The Balaban J connectivity index is 1.41. The molecule has 1 saturated heterocycles. The fourth-order valence-corrected chi connectivity index (χ4v) is 4.49. The van der Waals surface area contributed by atoms with E-state index in [0.29, 0.717) is 17.9 Å². The third-order valence-corrected chi connectivity index (χ3v) is 5.90. The molecule has 28 heavy (non-hydrogen) atoms.